The zero-order chi connectivity index (χ0) is 50.6. The third-order valence-electron chi connectivity index (χ3n) is 15.5. The number of ether oxygens (including phenoxy) is 2. The fourth-order valence-corrected chi connectivity index (χ4v) is 12.0. The highest BCUT2D eigenvalue weighted by molar-refractivity contribution is 6.32. The minimum atomic E-state index is -0.860. The quantitative estimate of drug-likeness (QED) is 0.0498. The molecule has 0 bridgehead atoms. The van der Waals surface area contributed by atoms with E-state index in [9.17, 15) is 24.0 Å². The van der Waals surface area contributed by atoms with Crippen LogP contribution >= 0.6 is 11.6 Å². The number of likely N-dealkylation sites (tertiary alicyclic amines) is 1. The summed E-state index contributed by atoms with van der Waals surface area (Å²) >= 11 is 6.61. The molecule has 4 aromatic carbocycles. The molecule has 384 valence electrons. The second-order valence-corrected chi connectivity index (χ2v) is 20.6. The van der Waals surface area contributed by atoms with Gasteiger partial charge >= 0.3 is 6.03 Å². The molecule has 5 atom stereocenters. The summed E-state index contributed by atoms with van der Waals surface area (Å²) in [5.74, 6) is -0.00606. The first kappa shape index (κ1) is 50.2. The molecule has 0 spiro atoms. The first-order valence-electron chi connectivity index (χ1n) is 25.8. The normalized spacial score (nSPS) is 24.4. The van der Waals surface area contributed by atoms with Gasteiger partial charge in [0.05, 0.1) is 34.1 Å². The van der Waals surface area contributed by atoms with Crippen LogP contribution in [0, 0.1) is 11.8 Å². The zero-order valence-corrected chi connectivity index (χ0v) is 41.8. The number of carbonyl (C=O) groups is 5. The number of benzene rings is 4. The zero-order valence-electron chi connectivity index (χ0n) is 41.0. The number of amides is 6. The van der Waals surface area contributed by atoms with E-state index in [1.807, 2.05) is 54.6 Å². The maximum Gasteiger partial charge on any atom is 0.319 e. The summed E-state index contributed by atoms with van der Waals surface area (Å²) in [4.78, 5) is 70.8. The Bertz CT molecular complexity index is 2760. The van der Waals surface area contributed by atoms with Gasteiger partial charge in [-0.3, -0.25) is 35.1 Å². The molecule has 4 aromatic rings. The largest absolute Gasteiger partial charge is 0.485 e. The number of nitrogens with one attached hydrogen (secondary N) is 7. The van der Waals surface area contributed by atoms with Gasteiger partial charge in [0.25, 0.3) is 11.8 Å². The third kappa shape index (κ3) is 10.7. The molecule has 73 heavy (non-hydrogen) atoms. The van der Waals surface area contributed by atoms with Crippen molar-refractivity contribution in [3.8, 4) is 28.4 Å². The van der Waals surface area contributed by atoms with Crippen LogP contribution in [0.1, 0.15) is 110 Å². The van der Waals surface area contributed by atoms with Crippen molar-refractivity contribution < 1.29 is 33.4 Å². The monoisotopic (exact) mass is 1010 g/mol. The number of fused-ring (bicyclic) bond motifs is 2. The molecule has 5 fully saturated rings. The van der Waals surface area contributed by atoms with Gasteiger partial charge in [0.1, 0.15) is 24.1 Å². The first-order chi connectivity index (χ1) is 35.4. The van der Waals surface area contributed by atoms with Gasteiger partial charge in [0.15, 0.2) is 5.75 Å². The fraction of sp³-hybridized carbons (Fsp3) is 0.436. The molecule has 5 heterocycles. The molecule has 1 aliphatic carbocycles. The molecule has 9 N–H and O–H groups in total. The number of para-hydroxylation sites is 2. The number of urea groups is 1. The molecular weight excluding hydrogens is 948 g/mol. The van der Waals surface area contributed by atoms with E-state index in [2.05, 4.69) is 50.1 Å². The van der Waals surface area contributed by atoms with E-state index < -0.39 is 23.6 Å². The first-order valence-corrected chi connectivity index (χ1v) is 26.2. The highest BCUT2D eigenvalue weighted by Gasteiger charge is 2.54. The van der Waals surface area contributed by atoms with Crippen LogP contribution in [-0.2, 0) is 27.5 Å². The molecule has 5 aliphatic heterocycles. The number of halogens is 1. The van der Waals surface area contributed by atoms with Crippen LogP contribution in [0.3, 0.4) is 0 Å². The highest BCUT2D eigenvalue weighted by atomic mass is 35.5. The second-order valence-electron chi connectivity index (χ2n) is 20.2. The van der Waals surface area contributed by atoms with Gasteiger partial charge in [0, 0.05) is 56.3 Å². The summed E-state index contributed by atoms with van der Waals surface area (Å²) in [7, 11) is 0. The standard InChI is InChI=1S/C55H65ClN10O7/c1-33(52(69)65-24-11-6-12-25-65)31-72-49-41(56)18-13-19-42(49)61-54(71)58-29-34-26-36-30-66(43-21-23-45(67)62-51(43)68)53(70)46(36)40(27-34)39-28-35(20-22-44(39)73-38-16-9-5-10-17-38)48-47-50(64-63-48)59-32-60-55(47,57)37-14-7-3-2-4-8-15-37/h5,9-10,13,16-20,22,26-28,37,43,47-48,50,59-60,63-64H,1-4,6-8,11-12,14-15,21,23-25,29-32,57H2,(H2,58,61,71)(H,62,67,68). The van der Waals surface area contributed by atoms with Crippen molar-refractivity contribution in [2.75, 3.05) is 31.7 Å². The SMILES string of the molecule is C=C(COc1c(Cl)cccc1NC(=O)NCc1cc2c(c(-c3cc(C4NNC5NCNC(N)(C6CCCCCCC6)C54)ccc3Oc3ccccc3)c1)C(=O)N(C1CCC(=O)NC1=O)C2)C(=O)N1CCCCC1. The van der Waals surface area contributed by atoms with Crippen molar-refractivity contribution in [2.45, 2.75) is 114 Å². The minimum absolute atomic E-state index is 0.0253. The van der Waals surface area contributed by atoms with E-state index in [-0.39, 0.29) is 90.6 Å². The Morgan fingerprint density at radius 2 is 1.63 bits per heavy atom. The Morgan fingerprint density at radius 1 is 0.863 bits per heavy atom. The van der Waals surface area contributed by atoms with Gasteiger partial charge in [-0.2, -0.15) is 0 Å². The molecule has 4 saturated heterocycles. The number of nitrogens with two attached hydrogens (primary N) is 1. The summed E-state index contributed by atoms with van der Waals surface area (Å²) in [6, 6.07) is 22.5. The lowest BCUT2D eigenvalue weighted by molar-refractivity contribution is -0.137. The molecule has 10 rings (SSSR count). The lowest BCUT2D eigenvalue weighted by Crippen LogP contribution is -2.74. The topological polar surface area (TPSA) is 221 Å². The number of hydrazine groups is 1. The highest BCUT2D eigenvalue weighted by Crippen LogP contribution is 2.46. The third-order valence-corrected chi connectivity index (χ3v) is 15.8. The fourth-order valence-electron chi connectivity index (χ4n) is 11.7. The van der Waals surface area contributed by atoms with Crippen LogP contribution in [0.25, 0.3) is 11.1 Å². The lowest BCUT2D eigenvalue weighted by Gasteiger charge is -2.50. The molecule has 18 heteroatoms. The molecule has 0 radical (unpaired) electrons. The Morgan fingerprint density at radius 3 is 2.41 bits per heavy atom. The van der Waals surface area contributed by atoms with Gasteiger partial charge in [-0.1, -0.05) is 86.7 Å². The van der Waals surface area contributed by atoms with Gasteiger partial charge in [-0.15, -0.1) is 0 Å². The smallest absolute Gasteiger partial charge is 0.319 e. The molecule has 0 aromatic heterocycles. The predicted octanol–water partition coefficient (Wildman–Crippen LogP) is 7.09. The van der Waals surface area contributed by atoms with E-state index in [0.717, 1.165) is 50.5 Å². The average Bonchev–Trinajstić information content (AvgIpc) is 3.97. The van der Waals surface area contributed by atoms with Crippen LogP contribution in [0.5, 0.6) is 17.2 Å². The van der Waals surface area contributed by atoms with Crippen LogP contribution in [0.2, 0.25) is 5.02 Å². The number of piperidine rings is 2. The van der Waals surface area contributed by atoms with Crippen molar-refractivity contribution >= 4 is 46.9 Å². The molecule has 5 unspecified atom stereocenters. The van der Waals surface area contributed by atoms with Crippen molar-refractivity contribution in [3.63, 3.8) is 0 Å². The Kier molecular flexibility index (Phi) is 15.1. The number of anilines is 1. The van der Waals surface area contributed by atoms with E-state index in [1.54, 1.807) is 23.1 Å². The molecular formula is C55H65ClN10O7. The van der Waals surface area contributed by atoms with Crippen LogP contribution in [0.4, 0.5) is 10.5 Å². The van der Waals surface area contributed by atoms with E-state index in [1.165, 1.54) is 24.2 Å². The number of nitrogens with zero attached hydrogens (tertiary/aromatic N) is 2. The predicted molar refractivity (Wildman–Crippen MR) is 277 cm³/mol. The lowest BCUT2D eigenvalue weighted by atomic mass is 9.70. The van der Waals surface area contributed by atoms with Crippen molar-refractivity contribution in [1.82, 2.24) is 41.9 Å². The molecule has 17 nitrogen and oxygen atoms in total. The second kappa shape index (κ2) is 22.0. The van der Waals surface area contributed by atoms with Crippen LogP contribution < -0.4 is 52.6 Å². The van der Waals surface area contributed by atoms with Crippen LogP contribution in [-0.4, -0.2) is 83.7 Å². The molecule has 6 amide bonds. The average molecular weight is 1010 g/mol. The summed E-state index contributed by atoms with van der Waals surface area (Å²) in [6.07, 6.45) is 11.1. The van der Waals surface area contributed by atoms with Gasteiger partial charge < -0.3 is 35.6 Å². The number of carbonyl (C=O) groups excluding carboxylic acids is 5. The van der Waals surface area contributed by atoms with Crippen molar-refractivity contribution in [2.24, 2.45) is 17.6 Å². The van der Waals surface area contributed by atoms with E-state index in [4.69, 9.17) is 26.8 Å². The summed E-state index contributed by atoms with van der Waals surface area (Å²) in [5, 5.41) is 15.8. The Balaban J connectivity index is 0.979. The number of hydrogen-bond acceptors (Lipinski definition) is 12. The summed E-state index contributed by atoms with van der Waals surface area (Å²) in [5.41, 5.74) is 18.4. The summed E-state index contributed by atoms with van der Waals surface area (Å²) in [6.45, 7) is 5.90. The van der Waals surface area contributed by atoms with Gasteiger partial charge in [0.2, 0.25) is 11.8 Å². The van der Waals surface area contributed by atoms with E-state index >= 15 is 0 Å². The van der Waals surface area contributed by atoms with Crippen LogP contribution in [0.15, 0.2) is 91.0 Å². The minimum Gasteiger partial charge on any atom is -0.485 e. The number of hydrogen-bond donors (Lipinski definition) is 8. The summed E-state index contributed by atoms with van der Waals surface area (Å²) < 4.78 is 12.7. The molecule has 1 saturated carbocycles. The molecule has 6 aliphatic rings. The Labute approximate surface area is 430 Å². The number of imide groups is 1. The van der Waals surface area contributed by atoms with E-state index in [0.29, 0.717) is 64.8 Å². The maximum atomic E-state index is 14.9. The van der Waals surface area contributed by atoms with Crippen molar-refractivity contribution in [1.29, 1.82) is 0 Å². The Hall–Kier alpha value is -6.34. The number of rotatable bonds is 13. The maximum absolute atomic E-state index is 14.9. The van der Waals surface area contributed by atoms with Gasteiger partial charge in [-0.25, -0.2) is 15.6 Å². The van der Waals surface area contributed by atoms with Crippen molar-refractivity contribution in [3.05, 3.63) is 118 Å². The van der Waals surface area contributed by atoms with Gasteiger partial charge in [-0.05, 0) is 109 Å².